The number of rotatable bonds is 1. The fourth-order valence-corrected chi connectivity index (χ4v) is 1.97. The highest BCUT2D eigenvalue weighted by molar-refractivity contribution is 6.06. The SMILES string of the molecule is Cc1ccccc1N1C(=O)NC(=O)C[C@H]1C. The number of carbonyl (C=O) groups is 2. The Hall–Kier alpha value is -1.84. The summed E-state index contributed by atoms with van der Waals surface area (Å²) in [6.45, 7) is 3.83. The van der Waals surface area contributed by atoms with Crippen LogP contribution in [-0.4, -0.2) is 18.0 Å². The topological polar surface area (TPSA) is 49.4 Å². The number of hydrogen-bond donors (Lipinski definition) is 1. The minimum atomic E-state index is -0.335. The molecule has 0 unspecified atom stereocenters. The number of aryl methyl sites for hydroxylation is 1. The molecule has 0 aromatic heterocycles. The molecule has 84 valence electrons. The minimum absolute atomic E-state index is 0.0950. The van der Waals surface area contributed by atoms with E-state index in [9.17, 15) is 9.59 Å². The molecule has 1 heterocycles. The van der Waals surface area contributed by atoms with E-state index in [0.29, 0.717) is 6.42 Å². The van der Waals surface area contributed by atoms with Crippen LogP contribution >= 0.6 is 0 Å². The molecule has 3 amide bonds. The Morgan fingerprint density at radius 2 is 2.00 bits per heavy atom. The number of anilines is 1. The smallest absolute Gasteiger partial charge is 0.291 e. The second-order valence-corrected chi connectivity index (χ2v) is 4.06. The lowest BCUT2D eigenvalue weighted by Crippen LogP contribution is -2.54. The molecule has 2 rings (SSSR count). The van der Waals surface area contributed by atoms with E-state index < -0.39 is 0 Å². The Bertz CT molecular complexity index is 442. The summed E-state index contributed by atoms with van der Waals surface area (Å²) in [4.78, 5) is 24.6. The van der Waals surface area contributed by atoms with Gasteiger partial charge in [-0.2, -0.15) is 0 Å². The van der Waals surface area contributed by atoms with E-state index in [0.717, 1.165) is 11.3 Å². The van der Waals surface area contributed by atoms with E-state index in [1.54, 1.807) is 4.90 Å². The second kappa shape index (κ2) is 3.96. The minimum Gasteiger partial charge on any atom is -0.291 e. The molecule has 0 radical (unpaired) electrons. The van der Waals surface area contributed by atoms with E-state index in [4.69, 9.17) is 0 Å². The predicted octanol–water partition coefficient (Wildman–Crippen LogP) is 1.83. The van der Waals surface area contributed by atoms with E-state index in [1.807, 2.05) is 38.1 Å². The van der Waals surface area contributed by atoms with Gasteiger partial charge in [0, 0.05) is 18.2 Å². The lowest BCUT2D eigenvalue weighted by Gasteiger charge is -2.33. The fourth-order valence-electron chi connectivity index (χ4n) is 1.97. The number of amides is 3. The molecule has 0 saturated carbocycles. The van der Waals surface area contributed by atoms with E-state index in [1.165, 1.54) is 0 Å². The standard InChI is InChI=1S/C12H14N2O2/c1-8-5-3-4-6-10(8)14-9(2)7-11(15)13-12(14)16/h3-6,9H,7H2,1-2H3,(H,13,15,16)/t9-/m1/s1. The largest absolute Gasteiger partial charge is 0.328 e. The van der Waals surface area contributed by atoms with Gasteiger partial charge in [-0.15, -0.1) is 0 Å². The van der Waals surface area contributed by atoms with Crippen molar-refractivity contribution in [1.29, 1.82) is 0 Å². The van der Waals surface area contributed by atoms with Crippen molar-refractivity contribution in [3.63, 3.8) is 0 Å². The van der Waals surface area contributed by atoms with Crippen molar-refractivity contribution in [2.75, 3.05) is 4.90 Å². The van der Waals surface area contributed by atoms with Crippen LogP contribution in [0.2, 0.25) is 0 Å². The second-order valence-electron chi connectivity index (χ2n) is 4.06. The van der Waals surface area contributed by atoms with Crippen molar-refractivity contribution in [2.24, 2.45) is 0 Å². The van der Waals surface area contributed by atoms with Crippen LogP contribution < -0.4 is 10.2 Å². The Kier molecular flexibility index (Phi) is 2.64. The summed E-state index contributed by atoms with van der Waals surface area (Å²) in [6, 6.07) is 7.22. The molecular formula is C12H14N2O2. The van der Waals surface area contributed by atoms with Crippen LogP contribution in [-0.2, 0) is 4.79 Å². The number of benzene rings is 1. The van der Waals surface area contributed by atoms with Crippen molar-refractivity contribution in [1.82, 2.24) is 5.32 Å². The van der Waals surface area contributed by atoms with Crippen molar-refractivity contribution in [3.05, 3.63) is 29.8 Å². The first-order valence-electron chi connectivity index (χ1n) is 5.28. The maximum absolute atomic E-state index is 11.8. The summed E-state index contributed by atoms with van der Waals surface area (Å²) in [5.41, 5.74) is 1.89. The molecule has 16 heavy (non-hydrogen) atoms. The van der Waals surface area contributed by atoms with Crippen molar-refractivity contribution >= 4 is 17.6 Å². The molecule has 1 aromatic rings. The number of nitrogens with zero attached hydrogens (tertiary/aromatic N) is 1. The molecule has 1 saturated heterocycles. The van der Waals surface area contributed by atoms with Crippen LogP contribution in [0.5, 0.6) is 0 Å². The van der Waals surface area contributed by atoms with E-state index in [2.05, 4.69) is 5.32 Å². The summed E-state index contributed by atoms with van der Waals surface area (Å²) in [5, 5.41) is 2.33. The maximum atomic E-state index is 11.8. The van der Waals surface area contributed by atoms with Crippen molar-refractivity contribution in [2.45, 2.75) is 26.3 Å². The number of hydrogen-bond acceptors (Lipinski definition) is 2. The van der Waals surface area contributed by atoms with Gasteiger partial charge in [0.2, 0.25) is 5.91 Å². The first kappa shape index (κ1) is 10.7. The molecule has 1 aliphatic rings. The summed E-state index contributed by atoms with van der Waals surface area (Å²) in [7, 11) is 0. The average Bonchev–Trinajstić information content (AvgIpc) is 2.19. The highest BCUT2D eigenvalue weighted by atomic mass is 16.2. The van der Waals surface area contributed by atoms with E-state index in [-0.39, 0.29) is 18.0 Å². The molecule has 1 fully saturated rings. The van der Waals surface area contributed by atoms with Crippen LogP contribution in [0, 0.1) is 6.92 Å². The van der Waals surface area contributed by atoms with Gasteiger partial charge in [-0.1, -0.05) is 18.2 Å². The van der Waals surface area contributed by atoms with Gasteiger partial charge in [-0.3, -0.25) is 15.0 Å². The maximum Gasteiger partial charge on any atom is 0.328 e. The third kappa shape index (κ3) is 1.78. The number of carbonyl (C=O) groups excluding carboxylic acids is 2. The van der Waals surface area contributed by atoms with Crippen LogP contribution in [0.25, 0.3) is 0 Å². The molecule has 0 bridgehead atoms. The Labute approximate surface area is 94.2 Å². The van der Waals surface area contributed by atoms with Gasteiger partial charge >= 0.3 is 6.03 Å². The van der Waals surface area contributed by atoms with E-state index >= 15 is 0 Å². The lowest BCUT2D eigenvalue weighted by molar-refractivity contribution is -0.120. The fraction of sp³-hybridized carbons (Fsp3) is 0.333. The first-order chi connectivity index (χ1) is 7.59. The Balaban J connectivity index is 2.37. The predicted molar refractivity (Wildman–Crippen MR) is 61.3 cm³/mol. The molecule has 1 aliphatic heterocycles. The molecule has 0 aliphatic carbocycles. The van der Waals surface area contributed by atoms with Crippen LogP contribution in [0.15, 0.2) is 24.3 Å². The third-order valence-electron chi connectivity index (χ3n) is 2.76. The third-order valence-corrected chi connectivity index (χ3v) is 2.76. The highest BCUT2D eigenvalue weighted by Crippen LogP contribution is 2.24. The van der Waals surface area contributed by atoms with Crippen LogP contribution in [0.4, 0.5) is 10.5 Å². The summed E-state index contributed by atoms with van der Waals surface area (Å²) in [6.07, 6.45) is 0.347. The van der Waals surface area contributed by atoms with Gasteiger partial charge in [0.05, 0.1) is 0 Å². The lowest BCUT2D eigenvalue weighted by atomic mass is 10.1. The quantitative estimate of drug-likeness (QED) is 0.781. The highest BCUT2D eigenvalue weighted by Gasteiger charge is 2.31. The van der Waals surface area contributed by atoms with Gasteiger partial charge in [-0.25, -0.2) is 4.79 Å². The van der Waals surface area contributed by atoms with Gasteiger partial charge in [-0.05, 0) is 25.5 Å². The first-order valence-corrected chi connectivity index (χ1v) is 5.28. The summed E-state index contributed by atoms with van der Waals surface area (Å²) in [5.74, 6) is -0.206. The molecule has 1 atom stereocenters. The average molecular weight is 218 g/mol. The van der Waals surface area contributed by atoms with Crippen LogP contribution in [0.3, 0.4) is 0 Å². The normalized spacial score (nSPS) is 20.9. The zero-order chi connectivity index (χ0) is 11.7. The number of urea groups is 1. The van der Waals surface area contributed by atoms with Gasteiger partial charge in [0.15, 0.2) is 0 Å². The van der Waals surface area contributed by atoms with Crippen molar-refractivity contribution in [3.8, 4) is 0 Å². The van der Waals surface area contributed by atoms with Crippen molar-refractivity contribution < 1.29 is 9.59 Å². The summed E-state index contributed by atoms with van der Waals surface area (Å²) < 4.78 is 0. The molecular weight excluding hydrogens is 204 g/mol. The molecule has 4 nitrogen and oxygen atoms in total. The number of para-hydroxylation sites is 1. The van der Waals surface area contributed by atoms with Crippen LogP contribution in [0.1, 0.15) is 18.9 Å². The zero-order valence-electron chi connectivity index (χ0n) is 9.36. The number of nitrogens with one attached hydrogen (secondary N) is 1. The number of imide groups is 1. The molecule has 0 spiro atoms. The monoisotopic (exact) mass is 218 g/mol. The summed E-state index contributed by atoms with van der Waals surface area (Å²) >= 11 is 0. The molecule has 1 N–H and O–H groups in total. The Morgan fingerprint density at radius 3 is 2.62 bits per heavy atom. The molecule has 4 heteroatoms. The van der Waals surface area contributed by atoms with Gasteiger partial charge in [0.1, 0.15) is 0 Å². The van der Waals surface area contributed by atoms with Gasteiger partial charge in [0.25, 0.3) is 0 Å². The Morgan fingerprint density at radius 1 is 1.31 bits per heavy atom. The van der Waals surface area contributed by atoms with Gasteiger partial charge < -0.3 is 0 Å². The molecule has 1 aromatic carbocycles. The zero-order valence-corrected chi connectivity index (χ0v) is 9.36.